The number of benzene rings is 1. The van der Waals surface area contributed by atoms with Crippen molar-refractivity contribution in [2.45, 2.75) is 50.3 Å². The van der Waals surface area contributed by atoms with Crippen LogP contribution in [0.5, 0.6) is 0 Å². The molecular weight excluding hydrogens is 574 g/mol. The van der Waals surface area contributed by atoms with E-state index in [9.17, 15) is 39.5 Å². The van der Waals surface area contributed by atoms with E-state index in [2.05, 4.69) is 5.32 Å². The monoisotopic (exact) mass is 606 g/mol. The van der Waals surface area contributed by atoms with Crippen LogP contribution >= 0.6 is 11.8 Å². The van der Waals surface area contributed by atoms with Crippen molar-refractivity contribution in [2.24, 2.45) is 17.6 Å². The number of aliphatic carboxylic acids is 1. The summed E-state index contributed by atoms with van der Waals surface area (Å²) in [5.41, 5.74) is 5.31. The number of β-lactam (4-membered cyclic amide) rings is 1. The lowest BCUT2D eigenvalue weighted by atomic mass is 9.79. The summed E-state index contributed by atoms with van der Waals surface area (Å²) < 4.78 is 11.1. The van der Waals surface area contributed by atoms with Gasteiger partial charge < -0.3 is 45.3 Å². The Morgan fingerprint density at radius 1 is 1.29 bits per heavy atom. The molecule has 0 aliphatic carbocycles. The zero-order chi connectivity index (χ0) is 30.7. The van der Waals surface area contributed by atoms with E-state index in [1.165, 1.54) is 52.8 Å². The molecule has 0 radical (unpaired) electrons. The molecule has 6 atom stereocenters. The van der Waals surface area contributed by atoms with Gasteiger partial charge in [-0.25, -0.2) is 9.59 Å². The van der Waals surface area contributed by atoms with Gasteiger partial charge in [-0.2, -0.15) is 0 Å². The van der Waals surface area contributed by atoms with E-state index < -0.39 is 53.0 Å². The molecular formula is C26H32N5O10S-. The molecule has 2 fully saturated rings. The summed E-state index contributed by atoms with van der Waals surface area (Å²) in [6.45, 7) is 3.76. The molecule has 4 rings (SSSR count). The third kappa shape index (κ3) is 6.44. The van der Waals surface area contributed by atoms with E-state index in [4.69, 9.17) is 15.2 Å². The van der Waals surface area contributed by atoms with Crippen molar-refractivity contribution in [3.63, 3.8) is 0 Å². The number of likely N-dealkylation sites (tertiary alicyclic amines) is 1. The Balaban J connectivity index is 1.45. The predicted octanol–water partition coefficient (Wildman–Crippen LogP) is -0.0886. The number of fused-ring (bicyclic) bond motifs is 1. The van der Waals surface area contributed by atoms with Crippen molar-refractivity contribution >= 4 is 41.5 Å². The van der Waals surface area contributed by atoms with Crippen molar-refractivity contribution in [2.75, 3.05) is 26.3 Å². The van der Waals surface area contributed by atoms with Gasteiger partial charge in [-0.05, 0) is 31.0 Å². The number of aliphatic hydroxyl groups is 1. The summed E-state index contributed by atoms with van der Waals surface area (Å²) in [5.74, 6) is -3.02. The van der Waals surface area contributed by atoms with Crippen LogP contribution in [0.4, 0.5) is 15.3 Å². The van der Waals surface area contributed by atoms with Gasteiger partial charge in [-0.3, -0.25) is 14.9 Å². The second kappa shape index (κ2) is 13.0. The molecule has 1 aromatic rings. The Morgan fingerprint density at radius 2 is 1.98 bits per heavy atom. The zero-order valence-electron chi connectivity index (χ0n) is 23.0. The second-order valence-electron chi connectivity index (χ2n) is 10.4. The first-order chi connectivity index (χ1) is 19.9. The van der Waals surface area contributed by atoms with Crippen LogP contribution in [-0.4, -0.2) is 93.6 Å². The van der Waals surface area contributed by atoms with Crippen LogP contribution in [0.25, 0.3) is 0 Å². The summed E-state index contributed by atoms with van der Waals surface area (Å²) >= 11 is 1.25. The number of primary amides is 1. The van der Waals surface area contributed by atoms with E-state index in [0.29, 0.717) is 16.9 Å². The van der Waals surface area contributed by atoms with E-state index in [1.54, 1.807) is 6.92 Å². The quantitative estimate of drug-likeness (QED) is 0.124. The Kier molecular flexibility index (Phi) is 9.58. The van der Waals surface area contributed by atoms with Crippen molar-refractivity contribution in [3.8, 4) is 0 Å². The average Bonchev–Trinajstić information content (AvgIpc) is 3.43. The first-order valence-corrected chi connectivity index (χ1v) is 14.2. The summed E-state index contributed by atoms with van der Waals surface area (Å²) in [6.07, 6.45) is -1.18. The zero-order valence-corrected chi connectivity index (χ0v) is 23.8. The minimum absolute atomic E-state index is 0.0925. The molecule has 16 heteroatoms. The number of carbonyl (C=O) groups excluding carboxylic acids is 4. The number of nitro benzene ring substituents is 1. The highest BCUT2D eigenvalue weighted by Crippen LogP contribution is 2.52. The summed E-state index contributed by atoms with van der Waals surface area (Å²) in [7, 11) is 0. The first kappa shape index (κ1) is 31.1. The van der Waals surface area contributed by atoms with Crippen LogP contribution in [0.2, 0.25) is 0 Å². The van der Waals surface area contributed by atoms with Gasteiger partial charge in [0.15, 0.2) is 0 Å². The number of thioether (sulfide) groups is 1. The highest BCUT2D eigenvalue weighted by molar-refractivity contribution is 8.03. The minimum atomic E-state index is -1.48. The van der Waals surface area contributed by atoms with E-state index in [1.807, 2.05) is 0 Å². The topological polar surface area (TPSA) is 218 Å². The van der Waals surface area contributed by atoms with Gasteiger partial charge in [-0.15, -0.1) is 11.8 Å². The number of carboxylic acids is 1. The molecule has 3 aliphatic rings. The number of nitrogens with two attached hydrogens (primary N) is 1. The third-order valence-corrected chi connectivity index (χ3v) is 9.07. The average molecular weight is 607 g/mol. The van der Waals surface area contributed by atoms with E-state index in [-0.39, 0.29) is 55.5 Å². The molecule has 0 spiro atoms. The lowest BCUT2D eigenvalue weighted by Gasteiger charge is -2.47. The Morgan fingerprint density at radius 3 is 2.57 bits per heavy atom. The van der Waals surface area contributed by atoms with Crippen LogP contribution in [0.3, 0.4) is 0 Å². The number of urea groups is 1. The molecule has 2 saturated heterocycles. The fourth-order valence-electron chi connectivity index (χ4n) is 5.60. The Bertz CT molecular complexity index is 1270. The Labute approximate surface area is 245 Å². The van der Waals surface area contributed by atoms with Gasteiger partial charge in [-0.1, -0.05) is 6.92 Å². The molecule has 4 N–H and O–H groups in total. The van der Waals surface area contributed by atoms with Gasteiger partial charge in [0.05, 0.1) is 53.9 Å². The first-order valence-electron chi connectivity index (χ1n) is 13.3. The smallest absolute Gasteiger partial charge is 0.410 e. The lowest BCUT2D eigenvalue weighted by molar-refractivity contribution is -0.384. The number of hydrogen-bond donors (Lipinski definition) is 3. The van der Waals surface area contributed by atoms with E-state index in [0.717, 1.165) is 0 Å². The lowest BCUT2D eigenvalue weighted by Crippen LogP contribution is -2.64. The number of aliphatic hydroxyl groups excluding tert-OH is 1. The van der Waals surface area contributed by atoms with Crippen molar-refractivity contribution in [1.82, 2.24) is 15.1 Å². The minimum Gasteiger partial charge on any atom is -0.543 e. The number of hydrogen-bond acceptors (Lipinski definition) is 11. The normalized spacial score (nSPS) is 25.6. The van der Waals surface area contributed by atoms with Gasteiger partial charge in [0.2, 0.25) is 5.91 Å². The fourth-order valence-corrected chi connectivity index (χ4v) is 7.16. The van der Waals surface area contributed by atoms with Crippen molar-refractivity contribution in [3.05, 3.63) is 50.5 Å². The van der Waals surface area contributed by atoms with Crippen LogP contribution in [0.1, 0.15) is 25.8 Å². The maximum Gasteiger partial charge on any atom is 0.410 e. The van der Waals surface area contributed by atoms with Gasteiger partial charge in [0, 0.05) is 41.3 Å². The highest BCUT2D eigenvalue weighted by atomic mass is 32.2. The largest absolute Gasteiger partial charge is 0.543 e. The number of non-ortho nitro benzene ring substituents is 1. The van der Waals surface area contributed by atoms with E-state index >= 15 is 0 Å². The summed E-state index contributed by atoms with van der Waals surface area (Å²) in [6, 6.07) is 3.95. The molecule has 0 aromatic heterocycles. The molecule has 1 aromatic carbocycles. The number of carbonyl (C=O) groups is 4. The molecule has 15 nitrogen and oxygen atoms in total. The molecule has 3 heterocycles. The molecule has 3 aliphatic heterocycles. The number of nitrogens with zero attached hydrogens (tertiary/aromatic N) is 3. The number of amides is 4. The highest BCUT2D eigenvalue weighted by Gasteiger charge is 2.59. The number of rotatable bonds is 12. The molecule has 0 bridgehead atoms. The maximum absolute atomic E-state index is 13.1. The molecule has 0 saturated carbocycles. The molecule has 42 heavy (non-hydrogen) atoms. The van der Waals surface area contributed by atoms with Crippen LogP contribution in [0.15, 0.2) is 34.9 Å². The van der Waals surface area contributed by atoms with Crippen molar-refractivity contribution < 1.29 is 43.8 Å². The SMILES string of the molecule is C[C@@H](O)[C@H]1C(=O)N2C(C(=O)[O-])=C(S[C@H]3C[C@@H](COCCNC(N)=O)N(C(=O)OCc4ccc([N+](=O)[O-])cc4)C3)[C@H](C)[C@H]12. The third-order valence-electron chi connectivity index (χ3n) is 7.57. The standard InChI is InChI=1S/C26H33N5O10S/c1-13-20-19(14(2)32)23(33)30(20)21(24(34)35)22(13)42-18-9-17(12-40-8-7-28-25(27)36)29(10-18)26(37)41-11-15-3-5-16(6-4-15)31(38)39/h3-6,13-14,17-20,32H,7-12H2,1-2H3,(H,34,35)(H3,27,28,36)/p-1/t13-,14-,17+,18+,19-,20-/m1/s1. The second-order valence-corrected chi connectivity index (χ2v) is 11.7. The van der Waals surface area contributed by atoms with Gasteiger partial charge >= 0.3 is 12.1 Å². The number of carboxylic acid groups (broad SMARTS) is 1. The molecule has 0 unspecified atom stereocenters. The van der Waals surface area contributed by atoms with Crippen molar-refractivity contribution in [1.29, 1.82) is 0 Å². The number of ether oxygens (including phenoxy) is 2. The molecule has 4 amide bonds. The van der Waals surface area contributed by atoms with Crippen LogP contribution in [-0.2, 0) is 25.7 Å². The number of nitrogens with one attached hydrogen (secondary N) is 1. The number of nitro groups is 1. The predicted molar refractivity (Wildman–Crippen MR) is 145 cm³/mol. The summed E-state index contributed by atoms with van der Waals surface area (Å²) in [4.78, 5) is 62.3. The van der Waals surface area contributed by atoms with Crippen LogP contribution in [0, 0.1) is 22.0 Å². The fraction of sp³-hybridized carbons (Fsp3) is 0.538. The summed E-state index contributed by atoms with van der Waals surface area (Å²) in [5, 5.41) is 35.2. The van der Waals surface area contributed by atoms with Gasteiger partial charge in [0.1, 0.15) is 6.61 Å². The maximum atomic E-state index is 13.1. The van der Waals surface area contributed by atoms with Crippen LogP contribution < -0.4 is 16.2 Å². The Hall–Kier alpha value is -3.89. The van der Waals surface area contributed by atoms with Gasteiger partial charge in [0.25, 0.3) is 5.69 Å². The molecule has 228 valence electrons.